The second-order valence-corrected chi connectivity index (χ2v) is 4.32. The SMILES string of the molecule is Cc1ccc(C(=O)NNC(=O)C(C)O)s1. The molecule has 1 rings (SSSR count). The van der Waals surface area contributed by atoms with Crippen LogP contribution in [0.15, 0.2) is 12.1 Å². The Balaban J connectivity index is 2.47. The van der Waals surface area contributed by atoms with Gasteiger partial charge in [0.15, 0.2) is 0 Å². The molecule has 0 aliphatic rings. The van der Waals surface area contributed by atoms with Gasteiger partial charge in [-0.3, -0.25) is 20.4 Å². The zero-order valence-corrected chi connectivity index (χ0v) is 9.22. The Morgan fingerprint density at radius 2 is 2.07 bits per heavy atom. The fraction of sp³-hybridized carbons (Fsp3) is 0.333. The molecule has 1 unspecified atom stereocenters. The van der Waals surface area contributed by atoms with Gasteiger partial charge in [-0.1, -0.05) is 0 Å². The summed E-state index contributed by atoms with van der Waals surface area (Å²) in [5, 5.41) is 8.85. The number of aryl methyl sites for hydroxylation is 1. The third-order valence-corrected chi connectivity index (χ3v) is 2.64. The van der Waals surface area contributed by atoms with E-state index in [1.165, 1.54) is 18.3 Å². The smallest absolute Gasteiger partial charge is 0.279 e. The summed E-state index contributed by atoms with van der Waals surface area (Å²) < 4.78 is 0. The van der Waals surface area contributed by atoms with E-state index in [1.54, 1.807) is 6.07 Å². The lowest BCUT2D eigenvalue weighted by molar-refractivity contribution is -0.129. The first-order valence-corrected chi connectivity index (χ1v) is 5.17. The summed E-state index contributed by atoms with van der Waals surface area (Å²) >= 11 is 1.33. The van der Waals surface area contributed by atoms with Gasteiger partial charge >= 0.3 is 0 Å². The maximum absolute atomic E-state index is 11.4. The highest BCUT2D eigenvalue weighted by molar-refractivity contribution is 7.13. The Morgan fingerprint density at radius 1 is 1.40 bits per heavy atom. The van der Waals surface area contributed by atoms with Gasteiger partial charge in [0.25, 0.3) is 11.8 Å². The standard InChI is InChI=1S/C9H12N2O3S/c1-5-3-4-7(15-5)9(14)11-10-8(13)6(2)12/h3-4,6,12H,1-2H3,(H,10,13)(H,11,14). The fourth-order valence-corrected chi connectivity index (χ4v) is 1.60. The molecule has 1 aromatic heterocycles. The molecular formula is C9H12N2O3S. The van der Waals surface area contributed by atoms with Crippen LogP contribution >= 0.6 is 11.3 Å². The topological polar surface area (TPSA) is 78.4 Å². The monoisotopic (exact) mass is 228 g/mol. The molecule has 1 heterocycles. The summed E-state index contributed by atoms with van der Waals surface area (Å²) in [6.45, 7) is 3.20. The molecule has 1 atom stereocenters. The second-order valence-electron chi connectivity index (χ2n) is 3.03. The molecule has 0 radical (unpaired) electrons. The number of rotatable bonds is 2. The van der Waals surface area contributed by atoms with Crippen molar-refractivity contribution in [3.8, 4) is 0 Å². The van der Waals surface area contributed by atoms with Gasteiger partial charge in [0.2, 0.25) is 0 Å². The number of amides is 2. The average molecular weight is 228 g/mol. The van der Waals surface area contributed by atoms with Crippen LogP contribution in [-0.4, -0.2) is 23.0 Å². The summed E-state index contributed by atoms with van der Waals surface area (Å²) in [5.41, 5.74) is 4.31. The molecule has 0 aliphatic heterocycles. The van der Waals surface area contributed by atoms with Crippen molar-refractivity contribution in [2.75, 3.05) is 0 Å². The molecule has 6 heteroatoms. The van der Waals surface area contributed by atoms with Gasteiger partial charge in [-0.25, -0.2) is 0 Å². The summed E-state index contributed by atoms with van der Waals surface area (Å²) in [4.78, 5) is 23.8. The zero-order chi connectivity index (χ0) is 11.4. The van der Waals surface area contributed by atoms with Crippen molar-refractivity contribution < 1.29 is 14.7 Å². The first kappa shape index (κ1) is 11.7. The van der Waals surface area contributed by atoms with E-state index >= 15 is 0 Å². The van der Waals surface area contributed by atoms with Gasteiger partial charge < -0.3 is 5.11 Å². The quantitative estimate of drug-likeness (QED) is 0.633. The van der Waals surface area contributed by atoms with Crippen LogP contribution in [-0.2, 0) is 4.79 Å². The molecule has 1 aromatic rings. The van der Waals surface area contributed by atoms with Crippen LogP contribution in [0.4, 0.5) is 0 Å². The Bertz CT molecular complexity index is 373. The minimum atomic E-state index is -1.14. The van der Waals surface area contributed by atoms with Gasteiger partial charge in [0.1, 0.15) is 6.10 Å². The highest BCUT2D eigenvalue weighted by Crippen LogP contribution is 2.14. The Kier molecular flexibility index (Phi) is 3.81. The van der Waals surface area contributed by atoms with Crippen molar-refractivity contribution in [3.63, 3.8) is 0 Å². The second kappa shape index (κ2) is 4.90. The number of aliphatic hydroxyl groups excluding tert-OH is 1. The van der Waals surface area contributed by atoms with Crippen molar-refractivity contribution in [2.24, 2.45) is 0 Å². The molecule has 82 valence electrons. The van der Waals surface area contributed by atoms with Crippen LogP contribution < -0.4 is 10.9 Å². The highest BCUT2D eigenvalue weighted by atomic mass is 32.1. The summed E-state index contributed by atoms with van der Waals surface area (Å²) in [5.74, 6) is -1.03. The number of hydrogen-bond acceptors (Lipinski definition) is 4. The number of hydrogen-bond donors (Lipinski definition) is 3. The number of thiophene rings is 1. The van der Waals surface area contributed by atoms with Gasteiger partial charge in [0, 0.05) is 4.88 Å². The molecule has 0 spiro atoms. The van der Waals surface area contributed by atoms with E-state index in [2.05, 4.69) is 10.9 Å². The Labute approximate surface area is 91.1 Å². The molecule has 15 heavy (non-hydrogen) atoms. The van der Waals surface area contributed by atoms with Gasteiger partial charge in [-0.15, -0.1) is 11.3 Å². The van der Waals surface area contributed by atoms with E-state index in [9.17, 15) is 9.59 Å². The van der Waals surface area contributed by atoms with Crippen LogP contribution in [0, 0.1) is 6.92 Å². The number of carbonyl (C=O) groups excluding carboxylic acids is 2. The lowest BCUT2D eigenvalue weighted by Crippen LogP contribution is -2.45. The molecule has 0 fully saturated rings. The largest absolute Gasteiger partial charge is 0.383 e. The van der Waals surface area contributed by atoms with Crippen molar-refractivity contribution in [1.29, 1.82) is 0 Å². The molecule has 0 saturated carbocycles. The molecule has 2 amide bonds. The predicted molar refractivity (Wildman–Crippen MR) is 56.3 cm³/mol. The van der Waals surface area contributed by atoms with E-state index in [0.717, 1.165) is 4.88 Å². The molecule has 0 aromatic carbocycles. The fourth-order valence-electron chi connectivity index (χ4n) is 0.841. The maximum Gasteiger partial charge on any atom is 0.279 e. The third kappa shape index (κ3) is 3.34. The molecule has 5 nitrogen and oxygen atoms in total. The van der Waals surface area contributed by atoms with E-state index in [4.69, 9.17) is 5.11 Å². The minimum absolute atomic E-state index is 0.387. The lowest BCUT2D eigenvalue weighted by atomic mass is 10.4. The van der Waals surface area contributed by atoms with Crippen LogP contribution in [0.3, 0.4) is 0 Å². The van der Waals surface area contributed by atoms with E-state index in [0.29, 0.717) is 4.88 Å². The number of hydrazine groups is 1. The van der Waals surface area contributed by atoms with E-state index in [1.807, 2.05) is 13.0 Å². The zero-order valence-electron chi connectivity index (χ0n) is 8.40. The molecule has 0 aliphatic carbocycles. The van der Waals surface area contributed by atoms with Crippen LogP contribution in [0.2, 0.25) is 0 Å². The van der Waals surface area contributed by atoms with Crippen molar-refractivity contribution in [3.05, 3.63) is 21.9 Å². The van der Waals surface area contributed by atoms with Crippen LogP contribution in [0.1, 0.15) is 21.5 Å². The highest BCUT2D eigenvalue weighted by Gasteiger charge is 2.11. The van der Waals surface area contributed by atoms with E-state index in [-0.39, 0.29) is 5.91 Å². The summed E-state index contributed by atoms with van der Waals surface area (Å²) in [6.07, 6.45) is -1.14. The van der Waals surface area contributed by atoms with Gasteiger partial charge in [0.05, 0.1) is 4.88 Å². The normalized spacial score (nSPS) is 11.9. The predicted octanol–water partition coefficient (Wildman–Crippen LogP) is 0.198. The van der Waals surface area contributed by atoms with Crippen molar-refractivity contribution in [2.45, 2.75) is 20.0 Å². The van der Waals surface area contributed by atoms with Crippen molar-refractivity contribution in [1.82, 2.24) is 10.9 Å². The van der Waals surface area contributed by atoms with Crippen LogP contribution in [0.5, 0.6) is 0 Å². The Hall–Kier alpha value is -1.40. The Morgan fingerprint density at radius 3 is 2.53 bits per heavy atom. The first-order valence-electron chi connectivity index (χ1n) is 4.35. The molecule has 0 bridgehead atoms. The van der Waals surface area contributed by atoms with Gasteiger partial charge in [-0.2, -0.15) is 0 Å². The summed E-state index contributed by atoms with van der Waals surface area (Å²) in [6, 6.07) is 3.49. The summed E-state index contributed by atoms with van der Waals surface area (Å²) in [7, 11) is 0. The minimum Gasteiger partial charge on any atom is -0.383 e. The first-order chi connectivity index (χ1) is 7.00. The molecule has 0 saturated heterocycles. The number of carbonyl (C=O) groups is 2. The van der Waals surface area contributed by atoms with E-state index < -0.39 is 12.0 Å². The number of aliphatic hydroxyl groups is 1. The van der Waals surface area contributed by atoms with Crippen molar-refractivity contribution >= 4 is 23.2 Å². The molecular weight excluding hydrogens is 216 g/mol. The number of nitrogens with one attached hydrogen (secondary N) is 2. The maximum atomic E-state index is 11.4. The van der Waals surface area contributed by atoms with Gasteiger partial charge in [-0.05, 0) is 26.0 Å². The lowest BCUT2D eigenvalue weighted by Gasteiger charge is -2.07. The third-order valence-electron chi connectivity index (χ3n) is 1.64. The molecule has 3 N–H and O–H groups in total. The van der Waals surface area contributed by atoms with Crippen LogP contribution in [0.25, 0.3) is 0 Å². The average Bonchev–Trinajstić information content (AvgIpc) is 2.60.